The Hall–Kier alpha value is -2.96. The van der Waals surface area contributed by atoms with Gasteiger partial charge < -0.3 is 15.6 Å². The van der Waals surface area contributed by atoms with E-state index in [1.807, 2.05) is 0 Å². The van der Waals surface area contributed by atoms with E-state index in [0.717, 1.165) is 0 Å². The van der Waals surface area contributed by atoms with Crippen LogP contribution >= 0.6 is 0 Å². The van der Waals surface area contributed by atoms with Gasteiger partial charge in [0.05, 0.1) is 0 Å². The lowest BCUT2D eigenvalue weighted by Crippen LogP contribution is -2.35. The maximum Gasteiger partial charge on any atom is 0.264 e. The number of amides is 2. The molecule has 0 fully saturated rings. The van der Waals surface area contributed by atoms with Gasteiger partial charge in [-0.25, -0.2) is 4.39 Å². The Morgan fingerprint density at radius 3 is 2.39 bits per heavy atom. The van der Waals surface area contributed by atoms with Gasteiger partial charge in [-0.1, -0.05) is 0 Å². The molecule has 6 nitrogen and oxygen atoms in total. The molecule has 2 aromatic rings. The largest absolute Gasteiger partial charge is 0.365 e. The predicted octanol–water partition coefficient (Wildman–Crippen LogP) is 1.34. The van der Waals surface area contributed by atoms with E-state index in [2.05, 4.69) is 5.32 Å². The number of hydrogen-bond donors (Lipinski definition) is 2. The van der Waals surface area contributed by atoms with Crippen LogP contribution in [0.15, 0.2) is 35.1 Å². The van der Waals surface area contributed by atoms with Gasteiger partial charge in [-0.3, -0.25) is 14.4 Å². The molecule has 0 saturated heterocycles. The number of nitrogens with two attached hydrogens (primary N) is 1. The molecule has 23 heavy (non-hydrogen) atoms. The zero-order valence-electron chi connectivity index (χ0n) is 12.7. The lowest BCUT2D eigenvalue weighted by atomic mass is 10.1. The van der Waals surface area contributed by atoms with E-state index in [1.165, 1.54) is 28.8 Å². The quantitative estimate of drug-likeness (QED) is 0.891. The van der Waals surface area contributed by atoms with Crippen LogP contribution in [0.2, 0.25) is 0 Å². The first kappa shape index (κ1) is 16.4. The fourth-order valence-electron chi connectivity index (χ4n) is 2.30. The number of nitrogens with one attached hydrogen (secondary N) is 1. The molecule has 1 aromatic carbocycles. The number of anilines is 1. The van der Waals surface area contributed by atoms with Gasteiger partial charge in [0.2, 0.25) is 5.91 Å². The van der Waals surface area contributed by atoms with E-state index in [0.29, 0.717) is 16.9 Å². The van der Waals surface area contributed by atoms with Crippen LogP contribution in [0, 0.1) is 19.7 Å². The van der Waals surface area contributed by atoms with Gasteiger partial charge in [-0.05, 0) is 49.7 Å². The van der Waals surface area contributed by atoms with E-state index < -0.39 is 23.2 Å². The Morgan fingerprint density at radius 2 is 1.83 bits per heavy atom. The zero-order chi connectivity index (χ0) is 17.1. The highest BCUT2D eigenvalue weighted by Gasteiger charge is 2.16. The maximum absolute atomic E-state index is 12.8. The van der Waals surface area contributed by atoms with Crippen molar-refractivity contribution < 1.29 is 14.0 Å². The van der Waals surface area contributed by atoms with E-state index in [4.69, 9.17) is 5.73 Å². The number of rotatable bonds is 4. The molecule has 2 amide bonds. The minimum atomic E-state index is -0.833. The van der Waals surface area contributed by atoms with Crippen molar-refractivity contribution in [2.24, 2.45) is 5.73 Å². The molecule has 0 radical (unpaired) electrons. The van der Waals surface area contributed by atoms with Crippen LogP contribution in [-0.4, -0.2) is 16.4 Å². The fourth-order valence-corrected chi connectivity index (χ4v) is 2.30. The highest BCUT2D eigenvalue weighted by atomic mass is 19.1. The summed E-state index contributed by atoms with van der Waals surface area (Å²) in [4.78, 5) is 35.8. The summed E-state index contributed by atoms with van der Waals surface area (Å²) in [7, 11) is 0. The Labute approximate surface area is 131 Å². The van der Waals surface area contributed by atoms with Gasteiger partial charge in [-0.2, -0.15) is 0 Å². The van der Waals surface area contributed by atoms with Crippen LogP contribution in [0.3, 0.4) is 0 Å². The Kier molecular flexibility index (Phi) is 4.59. The van der Waals surface area contributed by atoms with E-state index in [9.17, 15) is 18.8 Å². The monoisotopic (exact) mass is 317 g/mol. The van der Waals surface area contributed by atoms with Crippen LogP contribution in [0.1, 0.15) is 21.6 Å². The van der Waals surface area contributed by atoms with Crippen molar-refractivity contribution in [3.8, 4) is 0 Å². The van der Waals surface area contributed by atoms with E-state index in [1.54, 1.807) is 19.9 Å². The second kappa shape index (κ2) is 6.43. The minimum Gasteiger partial charge on any atom is -0.365 e. The summed E-state index contributed by atoms with van der Waals surface area (Å²) in [5.74, 6) is -1.72. The number of aryl methyl sites for hydroxylation is 2. The maximum atomic E-state index is 12.8. The van der Waals surface area contributed by atoms with Crippen LogP contribution in [0.4, 0.5) is 10.1 Å². The summed E-state index contributed by atoms with van der Waals surface area (Å²) in [5, 5.41) is 2.55. The molecule has 0 spiro atoms. The number of benzene rings is 1. The van der Waals surface area contributed by atoms with Crippen molar-refractivity contribution in [1.82, 2.24) is 4.57 Å². The average Bonchev–Trinajstić information content (AvgIpc) is 2.45. The van der Waals surface area contributed by atoms with Crippen molar-refractivity contribution in [2.75, 3.05) is 5.32 Å². The number of carbonyl (C=O) groups excluding carboxylic acids is 2. The predicted molar refractivity (Wildman–Crippen MR) is 83.7 cm³/mol. The van der Waals surface area contributed by atoms with Crippen LogP contribution in [0.5, 0.6) is 0 Å². The standard InChI is InChI=1S/C16H16FN3O3/c1-9-7-10(2)20(16(23)14(9)15(18)22)8-13(21)19-12-5-3-11(17)4-6-12/h3-7H,8H2,1-2H3,(H2,18,22)(H,19,21). The fraction of sp³-hybridized carbons (Fsp3) is 0.188. The third-order valence-electron chi connectivity index (χ3n) is 3.38. The topological polar surface area (TPSA) is 94.2 Å². The first-order chi connectivity index (χ1) is 10.8. The number of carbonyl (C=O) groups is 2. The summed E-state index contributed by atoms with van der Waals surface area (Å²) in [6, 6.07) is 6.86. The first-order valence-electron chi connectivity index (χ1n) is 6.86. The minimum absolute atomic E-state index is 0.134. The summed E-state index contributed by atoms with van der Waals surface area (Å²) < 4.78 is 14.0. The smallest absolute Gasteiger partial charge is 0.264 e. The van der Waals surface area contributed by atoms with Crippen molar-refractivity contribution >= 4 is 17.5 Å². The summed E-state index contributed by atoms with van der Waals surface area (Å²) >= 11 is 0. The highest BCUT2D eigenvalue weighted by Crippen LogP contribution is 2.09. The summed E-state index contributed by atoms with van der Waals surface area (Å²) in [6.07, 6.45) is 0. The number of pyridine rings is 1. The number of hydrogen-bond acceptors (Lipinski definition) is 3. The molecule has 0 unspecified atom stereocenters. The summed E-state index contributed by atoms with van der Waals surface area (Å²) in [5.41, 5.74) is 5.88. The van der Waals surface area contributed by atoms with E-state index >= 15 is 0 Å². The highest BCUT2D eigenvalue weighted by molar-refractivity contribution is 5.94. The van der Waals surface area contributed by atoms with Gasteiger partial charge in [0.25, 0.3) is 11.5 Å². The normalized spacial score (nSPS) is 10.4. The Balaban J connectivity index is 2.27. The van der Waals surface area contributed by atoms with Crippen molar-refractivity contribution in [1.29, 1.82) is 0 Å². The molecule has 0 aliphatic rings. The van der Waals surface area contributed by atoms with Gasteiger partial charge in [0, 0.05) is 11.4 Å². The third-order valence-corrected chi connectivity index (χ3v) is 3.38. The summed E-state index contributed by atoms with van der Waals surface area (Å²) in [6.45, 7) is 2.99. The molecule has 0 atom stereocenters. The molecule has 1 aromatic heterocycles. The number of primary amides is 1. The molecule has 7 heteroatoms. The molecule has 0 saturated carbocycles. The second-order valence-corrected chi connectivity index (χ2v) is 5.15. The molecular weight excluding hydrogens is 301 g/mol. The number of nitrogens with zero attached hydrogens (tertiary/aromatic N) is 1. The molecule has 0 bridgehead atoms. The van der Waals surface area contributed by atoms with Gasteiger partial charge in [0.15, 0.2) is 0 Å². The van der Waals surface area contributed by atoms with Crippen LogP contribution in [0.25, 0.3) is 0 Å². The Bertz CT molecular complexity index is 826. The average molecular weight is 317 g/mol. The van der Waals surface area contributed by atoms with Crippen molar-refractivity contribution in [2.45, 2.75) is 20.4 Å². The SMILES string of the molecule is Cc1cc(C)n(CC(=O)Nc2ccc(F)cc2)c(=O)c1C(N)=O. The first-order valence-corrected chi connectivity index (χ1v) is 6.86. The molecule has 2 rings (SSSR count). The zero-order valence-corrected chi connectivity index (χ0v) is 12.7. The molecule has 0 aliphatic carbocycles. The van der Waals surface area contributed by atoms with Crippen molar-refractivity contribution in [3.63, 3.8) is 0 Å². The molecule has 0 aliphatic heterocycles. The van der Waals surface area contributed by atoms with Gasteiger partial charge >= 0.3 is 0 Å². The van der Waals surface area contributed by atoms with Gasteiger partial charge in [-0.15, -0.1) is 0 Å². The molecule has 1 heterocycles. The molecule has 120 valence electrons. The van der Waals surface area contributed by atoms with Crippen LogP contribution < -0.4 is 16.6 Å². The molecule has 3 N–H and O–H groups in total. The molecular formula is C16H16FN3O3. The Morgan fingerprint density at radius 1 is 1.22 bits per heavy atom. The second-order valence-electron chi connectivity index (χ2n) is 5.15. The van der Waals surface area contributed by atoms with E-state index in [-0.39, 0.29) is 12.1 Å². The van der Waals surface area contributed by atoms with Crippen LogP contribution in [-0.2, 0) is 11.3 Å². The lowest BCUT2D eigenvalue weighted by molar-refractivity contribution is -0.116. The number of halogens is 1. The van der Waals surface area contributed by atoms with Gasteiger partial charge in [0.1, 0.15) is 17.9 Å². The van der Waals surface area contributed by atoms with Crippen molar-refractivity contribution in [3.05, 3.63) is 63.3 Å². The number of aromatic nitrogens is 1. The lowest BCUT2D eigenvalue weighted by Gasteiger charge is -2.13. The third kappa shape index (κ3) is 3.63.